The van der Waals surface area contributed by atoms with Gasteiger partial charge in [-0.15, -0.1) is 11.3 Å². The summed E-state index contributed by atoms with van der Waals surface area (Å²) in [6.07, 6.45) is 0. The molecule has 0 aliphatic carbocycles. The Morgan fingerprint density at radius 1 is 1.35 bits per heavy atom. The lowest BCUT2D eigenvalue weighted by atomic mass is 10.2. The molecule has 0 aromatic carbocycles. The van der Waals surface area contributed by atoms with Gasteiger partial charge >= 0.3 is 0 Å². The van der Waals surface area contributed by atoms with Crippen molar-refractivity contribution in [2.45, 2.75) is 31.0 Å². The summed E-state index contributed by atoms with van der Waals surface area (Å²) in [5, 5.41) is 2.79. The van der Waals surface area contributed by atoms with Crippen LogP contribution < -0.4 is 5.32 Å². The van der Waals surface area contributed by atoms with E-state index in [4.69, 9.17) is 10.7 Å². The Morgan fingerprint density at radius 2 is 1.94 bits per heavy atom. The van der Waals surface area contributed by atoms with E-state index < -0.39 is 9.05 Å². The second kappa shape index (κ2) is 5.37. The Balaban J connectivity index is 2.81. The maximum atomic E-state index is 11.5. The predicted octanol–water partition coefficient (Wildman–Crippen LogP) is 2.51. The molecule has 1 aromatic rings. The zero-order valence-corrected chi connectivity index (χ0v) is 12.1. The molecule has 0 radical (unpaired) electrons. The summed E-state index contributed by atoms with van der Waals surface area (Å²) in [6.45, 7) is 5.40. The summed E-state index contributed by atoms with van der Waals surface area (Å²) in [6, 6.07) is 2.88. The minimum Gasteiger partial charge on any atom is -0.349 e. The van der Waals surface area contributed by atoms with E-state index in [0.717, 1.165) is 16.2 Å². The molecule has 1 aromatic heterocycles. The van der Waals surface area contributed by atoms with Crippen molar-refractivity contribution in [2.75, 3.05) is 0 Å². The molecule has 1 heterocycles. The highest BCUT2D eigenvalue weighted by Gasteiger charge is 2.18. The van der Waals surface area contributed by atoms with Crippen LogP contribution in [-0.4, -0.2) is 14.3 Å². The van der Waals surface area contributed by atoms with Crippen LogP contribution in [0, 0.1) is 5.92 Å². The van der Waals surface area contributed by atoms with E-state index in [1.54, 1.807) is 26.8 Å². The lowest BCUT2D eigenvalue weighted by Crippen LogP contribution is -2.29. The molecule has 7 heteroatoms. The van der Waals surface area contributed by atoms with Crippen molar-refractivity contribution in [3.63, 3.8) is 0 Å². The summed E-state index contributed by atoms with van der Waals surface area (Å²) < 4.78 is 22.3. The summed E-state index contributed by atoms with van der Waals surface area (Å²) in [7, 11) is 1.55. The number of hydrogen-bond acceptors (Lipinski definition) is 4. The van der Waals surface area contributed by atoms with E-state index >= 15 is 0 Å². The molecule has 1 unspecified atom stereocenters. The summed E-state index contributed by atoms with van der Waals surface area (Å²) >= 11 is 1.07. The third-order valence-corrected chi connectivity index (χ3v) is 5.51. The van der Waals surface area contributed by atoms with Gasteiger partial charge in [-0.1, -0.05) is 13.8 Å². The van der Waals surface area contributed by atoms with Crippen LogP contribution in [0.5, 0.6) is 0 Å². The number of hydrogen-bond donors (Lipinski definition) is 1. The van der Waals surface area contributed by atoms with Crippen LogP contribution in [0.1, 0.15) is 31.7 Å². The predicted molar refractivity (Wildman–Crippen MR) is 68.8 cm³/mol. The van der Waals surface area contributed by atoms with Crippen molar-refractivity contribution in [1.82, 2.24) is 5.32 Å². The molecule has 0 bridgehead atoms. The minimum absolute atomic E-state index is 0.0684. The number of carbonyl (C=O) groups excluding carboxylic acids is 1. The van der Waals surface area contributed by atoms with Crippen LogP contribution in [0.4, 0.5) is 0 Å². The highest BCUT2D eigenvalue weighted by atomic mass is 35.7. The van der Waals surface area contributed by atoms with Gasteiger partial charge in [0.05, 0.1) is 6.04 Å². The van der Waals surface area contributed by atoms with Gasteiger partial charge in [0.25, 0.3) is 9.05 Å². The largest absolute Gasteiger partial charge is 0.349 e. The lowest BCUT2D eigenvalue weighted by molar-refractivity contribution is -0.124. The van der Waals surface area contributed by atoms with Gasteiger partial charge in [-0.05, 0) is 19.1 Å². The van der Waals surface area contributed by atoms with Gasteiger partial charge < -0.3 is 5.32 Å². The normalized spacial score (nSPS) is 13.7. The van der Waals surface area contributed by atoms with Crippen molar-refractivity contribution >= 4 is 37.0 Å². The molecule has 0 saturated heterocycles. The zero-order chi connectivity index (χ0) is 13.2. The third kappa shape index (κ3) is 3.97. The van der Waals surface area contributed by atoms with Crippen molar-refractivity contribution < 1.29 is 13.2 Å². The number of nitrogens with one attached hydrogen (secondary N) is 1. The maximum absolute atomic E-state index is 11.5. The Labute approximate surface area is 109 Å². The Morgan fingerprint density at radius 3 is 2.35 bits per heavy atom. The first-order chi connectivity index (χ1) is 7.71. The van der Waals surface area contributed by atoms with Gasteiger partial charge in [-0.3, -0.25) is 4.79 Å². The van der Waals surface area contributed by atoms with Crippen molar-refractivity contribution in [1.29, 1.82) is 0 Å². The van der Waals surface area contributed by atoms with E-state index in [9.17, 15) is 13.2 Å². The van der Waals surface area contributed by atoms with Crippen LogP contribution in [0.3, 0.4) is 0 Å². The van der Waals surface area contributed by atoms with Crippen LogP contribution in [0.25, 0.3) is 0 Å². The van der Waals surface area contributed by atoms with E-state index in [-0.39, 0.29) is 22.1 Å². The number of thiophene rings is 1. The number of amides is 1. The standard InChI is InChI=1S/C10H14ClNO3S2/c1-6(2)10(13)12-7(3)8-4-5-9(16-8)17(11,14)15/h4-7H,1-3H3,(H,12,13). The van der Waals surface area contributed by atoms with E-state index in [1.165, 1.54) is 6.07 Å². The number of carbonyl (C=O) groups is 1. The van der Waals surface area contributed by atoms with Crippen LogP contribution >= 0.6 is 22.0 Å². The van der Waals surface area contributed by atoms with Crippen LogP contribution in [-0.2, 0) is 13.8 Å². The average molecular weight is 296 g/mol. The molecule has 0 spiro atoms. The third-order valence-electron chi connectivity index (χ3n) is 2.15. The molecule has 0 aliphatic heterocycles. The highest BCUT2D eigenvalue weighted by Crippen LogP contribution is 2.28. The fourth-order valence-electron chi connectivity index (χ4n) is 1.15. The molecule has 4 nitrogen and oxygen atoms in total. The molecule has 0 fully saturated rings. The van der Waals surface area contributed by atoms with Gasteiger partial charge in [-0.25, -0.2) is 8.42 Å². The second-order valence-electron chi connectivity index (χ2n) is 3.98. The van der Waals surface area contributed by atoms with Crippen molar-refractivity contribution in [2.24, 2.45) is 5.92 Å². The minimum atomic E-state index is -3.68. The summed E-state index contributed by atoms with van der Waals surface area (Å²) in [5.74, 6) is -0.171. The first-order valence-electron chi connectivity index (χ1n) is 5.06. The molecule has 0 saturated carbocycles. The quantitative estimate of drug-likeness (QED) is 0.868. The van der Waals surface area contributed by atoms with Gasteiger partial charge in [0.1, 0.15) is 4.21 Å². The monoisotopic (exact) mass is 295 g/mol. The van der Waals surface area contributed by atoms with E-state index in [0.29, 0.717) is 0 Å². The van der Waals surface area contributed by atoms with Crippen LogP contribution in [0.2, 0.25) is 0 Å². The Kier molecular flexibility index (Phi) is 4.57. The fraction of sp³-hybridized carbons (Fsp3) is 0.500. The highest BCUT2D eigenvalue weighted by molar-refractivity contribution is 8.15. The van der Waals surface area contributed by atoms with Crippen molar-refractivity contribution in [3.8, 4) is 0 Å². The second-order valence-corrected chi connectivity index (χ2v) is 7.89. The van der Waals surface area contributed by atoms with E-state index in [1.807, 2.05) is 0 Å². The first kappa shape index (κ1) is 14.5. The van der Waals surface area contributed by atoms with Gasteiger partial charge in [-0.2, -0.15) is 0 Å². The Hall–Kier alpha value is -0.590. The smallest absolute Gasteiger partial charge is 0.270 e. The zero-order valence-electron chi connectivity index (χ0n) is 9.73. The summed E-state index contributed by atoms with van der Waals surface area (Å²) in [5.41, 5.74) is 0. The molecule has 17 heavy (non-hydrogen) atoms. The lowest BCUT2D eigenvalue weighted by Gasteiger charge is -2.13. The van der Waals surface area contributed by atoms with Gasteiger partial charge in [0.15, 0.2) is 0 Å². The van der Waals surface area contributed by atoms with Crippen LogP contribution in [0.15, 0.2) is 16.3 Å². The maximum Gasteiger partial charge on any atom is 0.270 e. The molecule has 1 atom stereocenters. The molecule has 96 valence electrons. The number of halogens is 1. The fourth-order valence-corrected chi connectivity index (χ4v) is 3.24. The molecular weight excluding hydrogens is 282 g/mol. The molecule has 1 rings (SSSR count). The molecule has 1 amide bonds. The molecular formula is C10H14ClNO3S2. The average Bonchev–Trinajstić information content (AvgIpc) is 2.65. The van der Waals surface area contributed by atoms with Gasteiger partial charge in [0.2, 0.25) is 5.91 Å². The molecule has 0 aliphatic rings. The van der Waals surface area contributed by atoms with E-state index in [2.05, 4.69) is 5.32 Å². The number of rotatable bonds is 4. The Bertz CT molecular complexity index is 507. The van der Waals surface area contributed by atoms with Gasteiger partial charge in [0, 0.05) is 21.5 Å². The molecule has 1 N–H and O–H groups in total. The summed E-state index contributed by atoms with van der Waals surface area (Å²) in [4.78, 5) is 12.2. The SMILES string of the molecule is CC(C)C(=O)NC(C)c1ccc(S(=O)(=O)Cl)s1. The van der Waals surface area contributed by atoms with Crippen molar-refractivity contribution in [3.05, 3.63) is 17.0 Å². The first-order valence-corrected chi connectivity index (χ1v) is 8.19. The topological polar surface area (TPSA) is 63.2 Å².